The van der Waals surface area contributed by atoms with Crippen LogP contribution in [0.5, 0.6) is 5.75 Å². The van der Waals surface area contributed by atoms with Gasteiger partial charge >= 0.3 is 5.76 Å². The van der Waals surface area contributed by atoms with Crippen LogP contribution in [0.15, 0.2) is 57.7 Å². The van der Waals surface area contributed by atoms with E-state index >= 15 is 0 Å². The van der Waals surface area contributed by atoms with Gasteiger partial charge in [0.15, 0.2) is 5.58 Å². The molecular formula is C24H29N3O4. The number of fused-ring (bicyclic) bond motifs is 1. The number of nitrogens with zero attached hydrogens (tertiary/aromatic N) is 2. The molecule has 1 aliphatic heterocycles. The first-order valence-electron chi connectivity index (χ1n) is 10.8. The SMILES string of the molecule is COc1cccc(CCN2CCC(CNC(=O)Cn3c(=O)oc4ccccc43)CC2)c1. The Hall–Kier alpha value is -3.06. The number of amides is 1. The zero-order valence-electron chi connectivity index (χ0n) is 17.9. The Labute approximate surface area is 181 Å². The molecule has 0 radical (unpaired) electrons. The van der Waals surface area contributed by atoms with Crippen molar-refractivity contribution in [1.29, 1.82) is 0 Å². The summed E-state index contributed by atoms with van der Waals surface area (Å²) in [6.45, 7) is 3.73. The highest BCUT2D eigenvalue weighted by atomic mass is 16.5. The fourth-order valence-electron chi connectivity index (χ4n) is 4.15. The molecule has 1 aliphatic rings. The fraction of sp³-hybridized carbons (Fsp3) is 0.417. The Balaban J connectivity index is 1.20. The Morgan fingerprint density at radius 2 is 1.97 bits per heavy atom. The fourth-order valence-corrected chi connectivity index (χ4v) is 4.15. The number of oxazole rings is 1. The summed E-state index contributed by atoms with van der Waals surface area (Å²) >= 11 is 0. The second kappa shape index (κ2) is 9.83. The number of rotatable bonds is 8. The van der Waals surface area contributed by atoms with E-state index in [-0.39, 0.29) is 12.5 Å². The largest absolute Gasteiger partial charge is 0.497 e. The summed E-state index contributed by atoms with van der Waals surface area (Å²) < 4.78 is 11.9. The Bertz CT molecular complexity index is 1080. The molecule has 0 bridgehead atoms. The van der Waals surface area contributed by atoms with Gasteiger partial charge in [-0.3, -0.25) is 9.36 Å². The normalized spacial score (nSPS) is 15.3. The van der Waals surface area contributed by atoms with Crippen LogP contribution in [0, 0.1) is 5.92 Å². The van der Waals surface area contributed by atoms with E-state index in [4.69, 9.17) is 9.15 Å². The molecule has 0 aliphatic carbocycles. The van der Waals surface area contributed by atoms with Crippen molar-refractivity contribution in [3.63, 3.8) is 0 Å². The van der Waals surface area contributed by atoms with Crippen molar-refractivity contribution in [3.05, 3.63) is 64.6 Å². The molecule has 0 atom stereocenters. The minimum absolute atomic E-state index is 0.0186. The minimum atomic E-state index is -0.499. The van der Waals surface area contributed by atoms with Crippen LogP contribution >= 0.6 is 0 Å². The third-order valence-corrected chi connectivity index (χ3v) is 6.02. The van der Waals surface area contributed by atoms with Crippen molar-refractivity contribution < 1.29 is 13.9 Å². The zero-order chi connectivity index (χ0) is 21.6. The maximum atomic E-state index is 12.4. The quantitative estimate of drug-likeness (QED) is 0.603. The Morgan fingerprint density at radius 3 is 2.77 bits per heavy atom. The highest BCUT2D eigenvalue weighted by Gasteiger charge is 2.20. The lowest BCUT2D eigenvalue weighted by atomic mass is 9.96. The molecule has 1 aromatic heterocycles. The van der Waals surface area contributed by atoms with Crippen molar-refractivity contribution in [2.75, 3.05) is 33.3 Å². The molecule has 1 fully saturated rings. The van der Waals surface area contributed by atoms with Crippen molar-refractivity contribution in [2.45, 2.75) is 25.8 Å². The number of aromatic nitrogens is 1. The molecule has 31 heavy (non-hydrogen) atoms. The van der Waals surface area contributed by atoms with Crippen molar-refractivity contribution in [2.24, 2.45) is 5.92 Å². The average Bonchev–Trinajstić information content (AvgIpc) is 3.12. The third-order valence-electron chi connectivity index (χ3n) is 6.02. The van der Waals surface area contributed by atoms with Crippen LogP contribution in [0.1, 0.15) is 18.4 Å². The highest BCUT2D eigenvalue weighted by Crippen LogP contribution is 2.18. The van der Waals surface area contributed by atoms with Gasteiger partial charge in [0.05, 0.1) is 12.6 Å². The standard InChI is InChI=1S/C24H29N3O4/c1-30-20-6-4-5-18(15-20)9-12-26-13-10-19(11-14-26)16-25-23(28)17-27-21-7-2-3-8-22(21)31-24(27)29/h2-8,15,19H,9-14,16-17H2,1H3,(H,25,28). The lowest BCUT2D eigenvalue weighted by Crippen LogP contribution is -2.40. The number of ether oxygens (including phenoxy) is 1. The second-order valence-corrected chi connectivity index (χ2v) is 8.11. The lowest BCUT2D eigenvalue weighted by Gasteiger charge is -2.32. The van der Waals surface area contributed by atoms with Gasteiger partial charge < -0.3 is 19.4 Å². The average molecular weight is 424 g/mol. The van der Waals surface area contributed by atoms with E-state index < -0.39 is 5.76 Å². The van der Waals surface area contributed by atoms with Gasteiger partial charge in [0.25, 0.3) is 0 Å². The van der Waals surface area contributed by atoms with Crippen LogP contribution in [0.2, 0.25) is 0 Å². The zero-order valence-corrected chi connectivity index (χ0v) is 17.9. The smallest absolute Gasteiger partial charge is 0.420 e. The number of para-hydroxylation sites is 2. The van der Waals surface area contributed by atoms with Crippen molar-refractivity contribution in [1.82, 2.24) is 14.8 Å². The number of carbonyl (C=O) groups is 1. The number of hydrogen-bond acceptors (Lipinski definition) is 5. The number of methoxy groups -OCH3 is 1. The topological polar surface area (TPSA) is 76.7 Å². The van der Waals surface area contributed by atoms with Gasteiger partial charge in [-0.15, -0.1) is 0 Å². The highest BCUT2D eigenvalue weighted by molar-refractivity contribution is 5.79. The van der Waals surface area contributed by atoms with Gasteiger partial charge in [-0.25, -0.2) is 4.79 Å². The molecule has 0 spiro atoms. The number of carbonyl (C=O) groups excluding carboxylic acids is 1. The van der Waals surface area contributed by atoms with Crippen LogP contribution in [0.3, 0.4) is 0 Å². The van der Waals surface area contributed by atoms with E-state index in [1.165, 1.54) is 10.1 Å². The Morgan fingerprint density at radius 1 is 1.16 bits per heavy atom. The molecule has 0 saturated carbocycles. The summed E-state index contributed by atoms with van der Waals surface area (Å²) in [5, 5.41) is 3.00. The van der Waals surface area contributed by atoms with E-state index in [0.717, 1.165) is 44.6 Å². The molecule has 7 heteroatoms. The summed E-state index contributed by atoms with van der Waals surface area (Å²) in [5.74, 6) is 0.710. The second-order valence-electron chi connectivity index (χ2n) is 8.11. The maximum absolute atomic E-state index is 12.4. The van der Waals surface area contributed by atoms with E-state index in [9.17, 15) is 9.59 Å². The van der Waals surface area contributed by atoms with E-state index in [1.807, 2.05) is 18.2 Å². The molecule has 4 rings (SSSR count). The maximum Gasteiger partial charge on any atom is 0.420 e. The molecule has 164 valence electrons. The molecule has 2 heterocycles. The van der Waals surface area contributed by atoms with Crippen LogP contribution in [0.25, 0.3) is 11.1 Å². The number of nitrogens with one attached hydrogen (secondary N) is 1. The van der Waals surface area contributed by atoms with Gasteiger partial charge in [0.1, 0.15) is 12.3 Å². The molecule has 7 nitrogen and oxygen atoms in total. The monoisotopic (exact) mass is 423 g/mol. The molecule has 1 N–H and O–H groups in total. The first kappa shape index (κ1) is 21.2. The summed E-state index contributed by atoms with van der Waals surface area (Å²) in [6, 6.07) is 15.4. The summed E-state index contributed by atoms with van der Waals surface area (Å²) in [5.41, 5.74) is 2.43. The molecule has 3 aromatic rings. The van der Waals surface area contributed by atoms with Crippen LogP contribution < -0.4 is 15.8 Å². The summed E-state index contributed by atoms with van der Waals surface area (Å²) in [7, 11) is 1.69. The van der Waals surface area contributed by atoms with Gasteiger partial charge in [0, 0.05) is 13.1 Å². The van der Waals surface area contributed by atoms with Crippen molar-refractivity contribution in [3.8, 4) is 5.75 Å². The first-order chi connectivity index (χ1) is 15.1. The lowest BCUT2D eigenvalue weighted by molar-refractivity contribution is -0.121. The predicted octanol–water partition coefficient (Wildman–Crippen LogP) is 2.67. The number of likely N-dealkylation sites (tertiary alicyclic amines) is 1. The third kappa shape index (κ3) is 5.35. The first-order valence-corrected chi connectivity index (χ1v) is 10.8. The number of benzene rings is 2. The molecule has 2 aromatic carbocycles. The van der Waals surface area contributed by atoms with Gasteiger partial charge in [-0.1, -0.05) is 24.3 Å². The van der Waals surface area contributed by atoms with Gasteiger partial charge in [-0.2, -0.15) is 0 Å². The van der Waals surface area contributed by atoms with Crippen LogP contribution in [-0.2, 0) is 17.8 Å². The van der Waals surface area contributed by atoms with E-state index in [0.29, 0.717) is 23.6 Å². The number of piperidine rings is 1. The summed E-state index contributed by atoms with van der Waals surface area (Å²) in [6.07, 6.45) is 3.13. The van der Waals surface area contributed by atoms with Crippen LogP contribution in [0.4, 0.5) is 0 Å². The summed E-state index contributed by atoms with van der Waals surface area (Å²) in [4.78, 5) is 26.9. The molecule has 1 saturated heterocycles. The van der Waals surface area contributed by atoms with E-state index in [2.05, 4.69) is 22.3 Å². The van der Waals surface area contributed by atoms with Gasteiger partial charge in [0.2, 0.25) is 5.91 Å². The minimum Gasteiger partial charge on any atom is -0.497 e. The van der Waals surface area contributed by atoms with E-state index in [1.54, 1.807) is 25.3 Å². The predicted molar refractivity (Wildman–Crippen MR) is 119 cm³/mol. The van der Waals surface area contributed by atoms with Crippen molar-refractivity contribution >= 4 is 17.0 Å². The molecule has 0 unspecified atom stereocenters. The Kier molecular flexibility index (Phi) is 6.72. The molecular weight excluding hydrogens is 394 g/mol. The van der Waals surface area contributed by atoms with Gasteiger partial charge in [-0.05, 0) is 68.1 Å². The number of hydrogen-bond donors (Lipinski definition) is 1. The van der Waals surface area contributed by atoms with Crippen LogP contribution in [-0.4, -0.2) is 48.7 Å². The molecule has 1 amide bonds.